The molecule has 7 nitrogen and oxygen atoms in total. The fraction of sp³-hybridized carbons (Fsp3) is 0.278. The van der Waals surface area contributed by atoms with Crippen LogP contribution in [0, 0.1) is 0 Å². The summed E-state index contributed by atoms with van der Waals surface area (Å²) in [6, 6.07) is 9.19. The smallest absolute Gasteiger partial charge is 0.253 e. The van der Waals surface area contributed by atoms with Crippen LogP contribution in [0.5, 0.6) is 11.5 Å². The second-order valence-corrected chi connectivity index (χ2v) is 8.03. The van der Waals surface area contributed by atoms with Crippen molar-refractivity contribution in [3.05, 3.63) is 52.5 Å². The molecule has 0 radical (unpaired) electrons. The summed E-state index contributed by atoms with van der Waals surface area (Å²) in [4.78, 5) is 12.7. The van der Waals surface area contributed by atoms with Gasteiger partial charge in [-0.05, 0) is 43.3 Å². The molecule has 9 heteroatoms. The van der Waals surface area contributed by atoms with Gasteiger partial charge in [0, 0.05) is 11.3 Å². The van der Waals surface area contributed by atoms with Gasteiger partial charge in [-0.15, -0.1) is 0 Å². The highest BCUT2D eigenvalue weighted by Gasteiger charge is 2.18. The van der Waals surface area contributed by atoms with Crippen molar-refractivity contribution in [3.63, 3.8) is 0 Å². The molecule has 2 N–H and O–H groups in total. The van der Waals surface area contributed by atoms with Crippen LogP contribution in [0.1, 0.15) is 28.9 Å². The van der Waals surface area contributed by atoms with Crippen molar-refractivity contribution in [1.82, 2.24) is 5.32 Å². The quantitative estimate of drug-likeness (QED) is 0.728. The van der Waals surface area contributed by atoms with Crippen LogP contribution in [0.25, 0.3) is 0 Å². The Hall–Kier alpha value is -2.45. The van der Waals surface area contributed by atoms with Gasteiger partial charge in [-0.1, -0.05) is 11.6 Å². The summed E-state index contributed by atoms with van der Waals surface area (Å²) in [6.45, 7) is 1.79. The molecule has 0 saturated carbocycles. The number of carbonyl (C=O) groups is 1. The fourth-order valence-corrected chi connectivity index (χ4v) is 3.27. The Bertz CT molecular complexity index is 947. The Morgan fingerprint density at radius 2 is 1.81 bits per heavy atom. The van der Waals surface area contributed by atoms with Crippen molar-refractivity contribution in [2.45, 2.75) is 13.0 Å². The third-order valence-corrected chi connectivity index (χ3v) is 4.70. The molecule has 2 rings (SSSR count). The minimum absolute atomic E-state index is 0.152. The number of nitrogens with one attached hydrogen (secondary N) is 2. The van der Waals surface area contributed by atoms with Crippen molar-refractivity contribution < 1.29 is 22.7 Å². The molecule has 1 amide bonds. The molecule has 0 aromatic heterocycles. The van der Waals surface area contributed by atoms with E-state index in [0.29, 0.717) is 11.5 Å². The number of amides is 1. The van der Waals surface area contributed by atoms with Gasteiger partial charge in [0.1, 0.15) is 11.5 Å². The summed E-state index contributed by atoms with van der Waals surface area (Å²) < 4.78 is 35.7. The molecule has 0 unspecified atom stereocenters. The van der Waals surface area contributed by atoms with Crippen LogP contribution < -0.4 is 19.5 Å². The number of benzene rings is 2. The first-order chi connectivity index (χ1) is 12.6. The molecule has 146 valence electrons. The number of carbonyl (C=O) groups excluding carboxylic acids is 1. The van der Waals surface area contributed by atoms with Gasteiger partial charge in [0.15, 0.2) is 0 Å². The van der Waals surface area contributed by atoms with E-state index in [1.165, 1.54) is 25.3 Å². The highest BCUT2D eigenvalue weighted by Crippen LogP contribution is 2.30. The van der Waals surface area contributed by atoms with E-state index in [4.69, 9.17) is 21.1 Å². The van der Waals surface area contributed by atoms with Gasteiger partial charge in [-0.3, -0.25) is 9.52 Å². The van der Waals surface area contributed by atoms with Gasteiger partial charge in [0.2, 0.25) is 10.0 Å². The molecule has 27 heavy (non-hydrogen) atoms. The standard InChI is InChI=1S/C18H21ClN2O5S/c1-11(14-10-13(25-2)6-8-17(14)26-3)20-18(22)15-9-12(5-7-16(15)19)21-27(4,23)24/h5-11,21H,1-4H3,(H,20,22)/t11-/m0/s1. The first kappa shape index (κ1) is 20.9. The zero-order valence-corrected chi connectivity index (χ0v) is 16.9. The third-order valence-electron chi connectivity index (χ3n) is 3.77. The van der Waals surface area contributed by atoms with Gasteiger partial charge in [0.05, 0.1) is 37.1 Å². The average molecular weight is 413 g/mol. The van der Waals surface area contributed by atoms with Gasteiger partial charge in [-0.25, -0.2) is 8.42 Å². The van der Waals surface area contributed by atoms with E-state index in [1.807, 2.05) is 0 Å². The topological polar surface area (TPSA) is 93.7 Å². The zero-order chi connectivity index (χ0) is 20.2. The van der Waals surface area contributed by atoms with E-state index >= 15 is 0 Å². The Morgan fingerprint density at radius 3 is 2.41 bits per heavy atom. The van der Waals surface area contributed by atoms with E-state index in [2.05, 4.69) is 10.0 Å². The maximum absolute atomic E-state index is 12.7. The molecule has 1 atom stereocenters. The van der Waals surface area contributed by atoms with E-state index in [-0.39, 0.29) is 16.3 Å². The van der Waals surface area contributed by atoms with Crippen LogP contribution in [0.15, 0.2) is 36.4 Å². The number of sulfonamides is 1. The molecule has 0 spiro atoms. The van der Waals surface area contributed by atoms with Crippen LogP contribution in [-0.2, 0) is 10.0 Å². The zero-order valence-electron chi connectivity index (χ0n) is 15.4. The van der Waals surface area contributed by atoms with Crippen molar-refractivity contribution in [2.75, 3.05) is 25.2 Å². The van der Waals surface area contributed by atoms with Crippen LogP contribution >= 0.6 is 11.6 Å². The molecule has 0 heterocycles. The Balaban J connectivity index is 2.28. The Morgan fingerprint density at radius 1 is 1.11 bits per heavy atom. The van der Waals surface area contributed by atoms with Crippen LogP contribution in [-0.4, -0.2) is 34.8 Å². The van der Waals surface area contributed by atoms with E-state index in [9.17, 15) is 13.2 Å². The monoisotopic (exact) mass is 412 g/mol. The van der Waals surface area contributed by atoms with E-state index in [0.717, 1.165) is 11.8 Å². The molecule has 0 aliphatic heterocycles. The van der Waals surface area contributed by atoms with Crippen molar-refractivity contribution >= 4 is 33.2 Å². The maximum Gasteiger partial charge on any atom is 0.253 e. The van der Waals surface area contributed by atoms with Crippen LogP contribution in [0.3, 0.4) is 0 Å². The minimum atomic E-state index is -3.47. The Kier molecular flexibility index (Phi) is 6.56. The number of anilines is 1. The first-order valence-electron chi connectivity index (χ1n) is 7.94. The highest BCUT2D eigenvalue weighted by molar-refractivity contribution is 7.92. The second kappa shape index (κ2) is 8.49. The number of hydrogen-bond donors (Lipinski definition) is 2. The summed E-state index contributed by atoms with van der Waals surface area (Å²) >= 11 is 6.12. The molecule has 0 aliphatic rings. The normalized spacial score (nSPS) is 12.2. The number of ether oxygens (including phenoxy) is 2. The first-order valence-corrected chi connectivity index (χ1v) is 10.2. The molecule has 0 bridgehead atoms. The maximum atomic E-state index is 12.7. The van der Waals surface area contributed by atoms with Gasteiger partial charge in [0.25, 0.3) is 5.91 Å². The summed E-state index contributed by atoms with van der Waals surface area (Å²) in [6.07, 6.45) is 1.03. The third kappa shape index (κ3) is 5.51. The molecule has 0 fully saturated rings. The molecule has 0 aliphatic carbocycles. The second-order valence-electron chi connectivity index (χ2n) is 5.87. The summed E-state index contributed by atoms with van der Waals surface area (Å²) in [5.41, 5.74) is 1.13. The van der Waals surface area contributed by atoms with Crippen molar-refractivity contribution in [3.8, 4) is 11.5 Å². The summed E-state index contributed by atoms with van der Waals surface area (Å²) in [5, 5.41) is 3.04. The van der Waals surface area contributed by atoms with Crippen LogP contribution in [0.4, 0.5) is 5.69 Å². The summed E-state index contributed by atoms with van der Waals surface area (Å²) in [7, 11) is -0.381. The molecule has 2 aromatic carbocycles. The molecular formula is C18H21ClN2O5S. The van der Waals surface area contributed by atoms with Gasteiger partial charge < -0.3 is 14.8 Å². The average Bonchev–Trinajstić information content (AvgIpc) is 2.61. The minimum Gasteiger partial charge on any atom is -0.497 e. The number of methoxy groups -OCH3 is 2. The predicted octanol–water partition coefficient (Wildman–Crippen LogP) is 3.22. The van der Waals surface area contributed by atoms with E-state index in [1.54, 1.807) is 32.2 Å². The molecular weight excluding hydrogens is 392 g/mol. The molecule has 2 aromatic rings. The number of hydrogen-bond acceptors (Lipinski definition) is 5. The Labute approximate surface area is 163 Å². The summed E-state index contributed by atoms with van der Waals surface area (Å²) in [5.74, 6) is 0.779. The SMILES string of the molecule is COc1ccc(OC)c([C@H](C)NC(=O)c2cc(NS(C)(=O)=O)ccc2Cl)c1. The van der Waals surface area contributed by atoms with E-state index < -0.39 is 22.0 Å². The largest absolute Gasteiger partial charge is 0.497 e. The number of rotatable bonds is 7. The van der Waals surface area contributed by atoms with Gasteiger partial charge >= 0.3 is 0 Å². The van der Waals surface area contributed by atoms with Gasteiger partial charge in [-0.2, -0.15) is 0 Å². The fourth-order valence-electron chi connectivity index (χ4n) is 2.51. The lowest BCUT2D eigenvalue weighted by Gasteiger charge is -2.19. The molecule has 0 saturated heterocycles. The lowest BCUT2D eigenvalue weighted by atomic mass is 10.1. The van der Waals surface area contributed by atoms with Crippen molar-refractivity contribution in [1.29, 1.82) is 0 Å². The highest BCUT2D eigenvalue weighted by atomic mass is 35.5. The van der Waals surface area contributed by atoms with Crippen molar-refractivity contribution in [2.24, 2.45) is 0 Å². The lowest BCUT2D eigenvalue weighted by Crippen LogP contribution is -2.27. The lowest BCUT2D eigenvalue weighted by molar-refractivity contribution is 0.0939. The van der Waals surface area contributed by atoms with Crippen LogP contribution in [0.2, 0.25) is 5.02 Å². The number of halogens is 1. The predicted molar refractivity (Wildman–Crippen MR) is 105 cm³/mol.